The number of halogens is 1. The van der Waals surface area contributed by atoms with Crippen LogP contribution < -0.4 is 10.2 Å². The quantitative estimate of drug-likeness (QED) is 0.163. The summed E-state index contributed by atoms with van der Waals surface area (Å²) in [6, 6.07) is 28.7. The maximum atomic E-state index is 13.2. The minimum absolute atomic E-state index is 0.158. The van der Waals surface area contributed by atoms with Gasteiger partial charge in [0.2, 0.25) is 0 Å². The maximum Gasteiger partial charge on any atom is 0.281 e. The normalized spacial score (nSPS) is 11.3. The fourth-order valence-corrected chi connectivity index (χ4v) is 3.92. The van der Waals surface area contributed by atoms with Crippen LogP contribution >= 0.6 is 15.9 Å². The molecule has 0 saturated heterocycles. The molecule has 0 aliphatic carbocycles. The molecule has 0 radical (unpaired) electrons. The second kappa shape index (κ2) is 11.6. The van der Waals surface area contributed by atoms with Crippen molar-refractivity contribution in [3.8, 4) is 5.75 Å². The number of hydrogen-bond donors (Lipinski definition) is 2. The number of non-ortho nitro benzene ring substituents is 1. The van der Waals surface area contributed by atoms with Crippen molar-refractivity contribution < 1.29 is 19.6 Å². The number of hydrogen-bond acceptors (Lipinski definition) is 6. The third kappa shape index (κ3) is 6.08. The number of benzene rings is 4. The molecule has 186 valence electrons. The molecule has 0 bridgehead atoms. The largest absolute Gasteiger partial charge is 0.488 e. The van der Waals surface area contributed by atoms with E-state index in [9.17, 15) is 20.0 Å². The number of carbonyl (C=O) groups excluding carboxylic acids is 1. The number of nitro groups is 1. The van der Waals surface area contributed by atoms with Crippen molar-refractivity contribution in [2.45, 2.75) is 12.2 Å². The predicted molar refractivity (Wildman–Crippen MR) is 143 cm³/mol. The van der Waals surface area contributed by atoms with Crippen LogP contribution in [0.15, 0.2) is 113 Å². The zero-order chi connectivity index (χ0) is 26.3. The highest BCUT2D eigenvalue weighted by Crippen LogP contribution is 2.30. The van der Waals surface area contributed by atoms with Gasteiger partial charge in [0, 0.05) is 22.2 Å². The average molecular weight is 560 g/mol. The van der Waals surface area contributed by atoms with Gasteiger partial charge in [0.05, 0.1) is 11.1 Å². The standard InChI is InChI=1S/C28H22BrN3O5/c29-24-13-11-20(12-14-24)19-37-26-16-15-25(32(35)36)17-21(26)18-30-31-27(33)28(34,22-7-3-1-4-8-22)23-9-5-2-6-10-23/h1-18,34H,19H2,(H,31,33). The highest BCUT2D eigenvalue weighted by atomic mass is 79.9. The fourth-order valence-electron chi connectivity index (χ4n) is 3.65. The molecule has 0 atom stereocenters. The smallest absolute Gasteiger partial charge is 0.281 e. The molecule has 0 aliphatic rings. The van der Waals surface area contributed by atoms with Gasteiger partial charge >= 0.3 is 0 Å². The maximum absolute atomic E-state index is 13.2. The summed E-state index contributed by atoms with van der Waals surface area (Å²) in [6.45, 7) is 0.222. The molecule has 1 amide bonds. The minimum Gasteiger partial charge on any atom is -0.488 e. The van der Waals surface area contributed by atoms with Gasteiger partial charge in [-0.25, -0.2) is 5.43 Å². The van der Waals surface area contributed by atoms with Crippen molar-refractivity contribution in [2.24, 2.45) is 5.10 Å². The summed E-state index contributed by atoms with van der Waals surface area (Å²) in [5, 5.41) is 26.8. The number of nitro benzene ring substituents is 1. The molecular weight excluding hydrogens is 538 g/mol. The van der Waals surface area contributed by atoms with Crippen LogP contribution in [0.3, 0.4) is 0 Å². The van der Waals surface area contributed by atoms with Crippen LogP contribution in [0.2, 0.25) is 0 Å². The lowest BCUT2D eigenvalue weighted by Crippen LogP contribution is -2.43. The van der Waals surface area contributed by atoms with E-state index < -0.39 is 16.4 Å². The molecule has 37 heavy (non-hydrogen) atoms. The van der Waals surface area contributed by atoms with Crippen molar-refractivity contribution >= 4 is 33.7 Å². The Bertz CT molecular complexity index is 1370. The molecule has 0 aliphatic heterocycles. The Labute approximate surface area is 221 Å². The predicted octanol–water partition coefficient (Wildman–Crippen LogP) is 5.32. The molecular formula is C28H22BrN3O5. The molecule has 0 unspecified atom stereocenters. The highest BCUT2D eigenvalue weighted by molar-refractivity contribution is 9.10. The SMILES string of the molecule is O=C(NN=Cc1cc([N+](=O)[O-])ccc1OCc1ccc(Br)cc1)C(O)(c1ccccc1)c1ccccc1. The number of ether oxygens (including phenoxy) is 1. The summed E-state index contributed by atoms with van der Waals surface area (Å²) < 4.78 is 6.80. The zero-order valence-electron chi connectivity index (χ0n) is 19.5. The number of rotatable bonds is 9. The van der Waals surface area contributed by atoms with Crippen molar-refractivity contribution in [3.05, 3.63) is 140 Å². The van der Waals surface area contributed by atoms with Gasteiger partial charge in [-0.3, -0.25) is 14.9 Å². The first-order valence-corrected chi connectivity index (χ1v) is 12.0. The third-order valence-electron chi connectivity index (χ3n) is 5.59. The molecule has 4 aromatic carbocycles. The summed E-state index contributed by atoms with van der Waals surface area (Å²) in [6.07, 6.45) is 1.25. The van der Waals surface area contributed by atoms with Gasteiger partial charge in [0.15, 0.2) is 5.60 Å². The average Bonchev–Trinajstić information content (AvgIpc) is 2.93. The van der Waals surface area contributed by atoms with Crippen LogP contribution in [0.5, 0.6) is 5.75 Å². The van der Waals surface area contributed by atoms with Crippen molar-refractivity contribution in [3.63, 3.8) is 0 Å². The zero-order valence-corrected chi connectivity index (χ0v) is 21.0. The van der Waals surface area contributed by atoms with Gasteiger partial charge in [0.25, 0.3) is 11.6 Å². The first-order chi connectivity index (χ1) is 17.9. The van der Waals surface area contributed by atoms with E-state index in [0.717, 1.165) is 10.0 Å². The molecule has 8 nitrogen and oxygen atoms in total. The fraction of sp³-hybridized carbons (Fsp3) is 0.0714. The summed E-state index contributed by atoms with van der Waals surface area (Å²) in [5.74, 6) is -0.447. The van der Waals surface area contributed by atoms with Gasteiger partial charge in [-0.1, -0.05) is 88.7 Å². The molecule has 0 aromatic heterocycles. The molecule has 0 fully saturated rings. The van der Waals surface area contributed by atoms with Gasteiger partial charge in [-0.15, -0.1) is 0 Å². The van der Waals surface area contributed by atoms with Crippen molar-refractivity contribution in [1.29, 1.82) is 0 Å². The molecule has 2 N–H and O–H groups in total. The Morgan fingerprint density at radius 1 is 0.973 bits per heavy atom. The summed E-state index contributed by atoms with van der Waals surface area (Å²) in [4.78, 5) is 24.0. The number of hydrazone groups is 1. The van der Waals surface area contributed by atoms with Gasteiger partial charge in [-0.2, -0.15) is 5.10 Å². The Morgan fingerprint density at radius 3 is 2.14 bits per heavy atom. The van der Waals surface area contributed by atoms with E-state index >= 15 is 0 Å². The summed E-state index contributed by atoms with van der Waals surface area (Å²) >= 11 is 3.38. The Kier molecular flexibility index (Phi) is 8.07. The number of amides is 1. The van der Waals surface area contributed by atoms with Crippen LogP contribution in [0.4, 0.5) is 5.69 Å². The van der Waals surface area contributed by atoms with E-state index in [1.165, 1.54) is 24.4 Å². The van der Waals surface area contributed by atoms with E-state index in [1.54, 1.807) is 60.7 Å². The van der Waals surface area contributed by atoms with E-state index in [1.807, 2.05) is 24.3 Å². The van der Waals surface area contributed by atoms with Crippen LogP contribution in [0, 0.1) is 10.1 Å². The second-order valence-corrected chi connectivity index (χ2v) is 8.95. The first kappa shape index (κ1) is 25.7. The lowest BCUT2D eigenvalue weighted by molar-refractivity contribution is -0.384. The summed E-state index contributed by atoms with van der Waals surface area (Å²) in [5.41, 5.74) is 2.12. The van der Waals surface area contributed by atoms with Crippen LogP contribution in [0.1, 0.15) is 22.3 Å². The van der Waals surface area contributed by atoms with Crippen molar-refractivity contribution in [2.75, 3.05) is 0 Å². The molecule has 0 heterocycles. The molecule has 0 saturated carbocycles. The van der Waals surface area contributed by atoms with E-state index in [4.69, 9.17) is 4.74 Å². The van der Waals surface area contributed by atoms with E-state index in [2.05, 4.69) is 26.5 Å². The number of aliphatic hydroxyl groups is 1. The summed E-state index contributed by atoms with van der Waals surface area (Å²) in [7, 11) is 0. The Morgan fingerprint density at radius 2 is 1.57 bits per heavy atom. The van der Waals surface area contributed by atoms with Crippen molar-refractivity contribution in [1.82, 2.24) is 5.43 Å². The molecule has 9 heteroatoms. The van der Waals surface area contributed by atoms with Crippen LogP contribution in [-0.4, -0.2) is 22.2 Å². The van der Waals surface area contributed by atoms with Gasteiger partial charge in [0.1, 0.15) is 12.4 Å². The molecule has 4 aromatic rings. The third-order valence-corrected chi connectivity index (χ3v) is 6.12. The number of nitrogens with one attached hydrogen (secondary N) is 1. The highest BCUT2D eigenvalue weighted by Gasteiger charge is 2.39. The van der Waals surface area contributed by atoms with Gasteiger partial charge in [-0.05, 0) is 34.9 Å². The molecule has 4 rings (SSSR count). The van der Waals surface area contributed by atoms with E-state index in [0.29, 0.717) is 16.9 Å². The molecule has 0 spiro atoms. The van der Waals surface area contributed by atoms with Crippen LogP contribution in [-0.2, 0) is 17.0 Å². The monoisotopic (exact) mass is 559 g/mol. The number of nitrogens with zero attached hydrogens (tertiary/aromatic N) is 2. The Hall–Kier alpha value is -4.34. The topological polar surface area (TPSA) is 114 Å². The minimum atomic E-state index is -2.01. The first-order valence-electron chi connectivity index (χ1n) is 11.2. The lowest BCUT2D eigenvalue weighted by Gasteiger charge is -2.27. The second-order valence-electron chi connectivity index (χ2n) is 8.04. The number of carbonyl (C=O) groups is 1. The van der Waals surface area contributed by atoms with E-state index in [-0.39, 0.29) is 17.9 Å². The Balaban J connectivity index is 1.58. The van der Waals surface area contributed by atoms with Gasteiger partial charge < -0.3 is 9.84 Å². The lowest BCUT2D eigenvalue weighted by atomic mass is 9.85. The van der Waals surface area contributed by atoms with Crippen LogP contribution in [0.25, 0.3) is 0 Å².